The van der Waals surface area contributed by atoms with E-state index in [1.54, 1.807) is 0 Å². The fourth-order valence-corrected chi connectivity index (χ4v) is 0.177. The van der Waals surface area contributed by atoms with Crippen LogP contribution in [0, 0.1) is 0 Å². The zero-order chi connectivity index (χ0) is 5.70. The van der Waals surface area contributed by atoms with E-state index in [9.17, 15) is 4.79 Å². The van der Waals surface area contributed by atoms with E-state index >= 15 is 0 Å². The summed E-state index contributed by atoms with van der Waals surface area (Å²) in [5.41, 5.74) is 0.850. The smallest absolute Gasteiger partial charge is 0.421 e. The van der Waals surface area contributed by atoms with Crippen molar-refractivity contribution in [3.63, 3.8) is 0 Å². The van der Waals surface area contributed by atoms with Gasteiger partial charge in [-0.05, 0) is 0 Å². The number of quaternary nitrogens is 1. The quantitative estimate of drug-likeness (QED) is 0.270. The van der Waals surface area contributed by atoms with Gasteiger partial charge in [0.05, 0.1) is 7.11 Å². The highest BCUT2D eigenvalue weighted by molar-refractivity contribution is 7.74. The lowest BCUT2D eigenvalue weighted by molar-refractivity contribution is -0.783. The van der Waals surface area contributed by atoms with Crippen molar-refractivity contribution >= 4 is 19.0 Å². The zero-order valence-electron chi connectivity index (χ0n) is 3.75. The summed E-state index contributed by atoms with van der Waals surface area (Å²) in [7, 11) is 1.26. The third-order valence-electron chi connectivity index (χ3n) is 0.350. The van der Waals surface area contributed by atoms with Crippen LogP contribution in [-0.4, -0.2) is 13.2 Å². The van der Waals surface area contributed by atoms with Gasteiger partial charge in [-0.15, -0.1) is 4.28 Å². The first-order chi connectivity index (χ1) is 3.31. The van der Waals surface area contributed by atoms with Crippen LogP contribution < -0.4 is 5.48 Å². The van der Waals surface area contributed by atoms with Crippen LogP contribution in [0.1, 0.15) is 0 Å². The zero-order valence-corrected chi connectivity index (χ0v) is 4.64. The topological polar surface area (TPSA) is 52.1 Å². The van der Waals surface area contributed by atoms with Crippen molar-refractivity contribution in [3.05, 3.63) is 0 Å². The van der Waals surface area contributed by atoms with Gasteiger partial charge in [0.15, 0.2) is 0 Å². The van der Waals surface area contributed by atoms with Gasteiger partial charge in [-0.2, -0.15) is 4.79 Å². The van der Waals surface area contributed by atoms with Gasteiger partial charge < -0.3 is 4.74 Å². The van der Waals surface area contributed by atoms with Crippen LogP contribution in [0.15, 0.2) is 0 Å². The van der Waals surface area contributed by atoms with Crippen LogP contribution in [0.3, 0.4) is 0 Å². The van der Waals surface area contributed by atoms with Crippen LogP contribution in [0.2, 0.25) is 0 Å². The minimum absolute atomic E-state index is 0.546. The molecular weight excluding hydrogens is 118 g/mol. The van der Waals surface area contributed by atoms with Crippen LogP contribution in [0.25, 0.3) is 0 Å². The average Bonchev–Trinajstić information content (AvgIpc) is 1.68. The Labute approximate surface area is 46.4 Å². The molecule has 0 aromatic heterocycles. The number of amides is 1. The number of methoxy groups -OCH3 is 1. The number of hydrogen-bond donors (Lipinski definition) is 2. The maximum absolute atomic E-state index is 9.96. The number of nitrogens with two attached hydrogens (primary N) is 1. The van der Waals surface area contributed by atoms with Gasteiger partial charge in [0.25, 0.3) is 0 Å². The minimum Gasteiger partial charge on any atom is -0.421 e. The van der Waals surface area contributed by atoms with E-state index in [0.717, 1.165) is 5.48 Å². The van der Waals surface area contributed by atoms with Gasteiger partial charge in [-0.3, -0.25) is 0 Å². The second kappa shape index (κ2) is 3.91. The SMILES string of the molecule is COC(=O)[NH2+]OS. The lowest BCUT2D eigenvalue weighted by Crippen LogP contribution is -2.85. The van der Waals surface area contributed by atoms with E-state index in [0.29, 0.717) is 0 Å². The van der Waals surface area contributed by atoms with E-state index in [-0.39, 0.29) is 0 Å². The summed E-state index contributed by atoms with van der Waals surface area (Å²) in [6, 6.07) is 0. The number of thiol groups is 1. The van der Waals surface area contributed by atoms with Crippen molar-refractivity contribution in [2.24, 2.45) is 0 Å². The average molecular weight is 124 g/mol. The van der Waals surface area contributed by atoms with Crippen molar-refractivity contribution < 1.29 is 19.3 Å². The number of rotatable bonds is 1. The van der Waals surface area contributed by atoms with Crippen LogP contribution >= 0.6 is 12.9 Å². The molecule has 5 heteroatoms. The summed E-state index contributed by atoms with van der Waals surface area (Å²) >= 11 is 3.26. The van der Waals surface area contributed by atoms with Crippen LogP contribution in [-0.2, 0) is 9.02 Å². The molecule has 4 nitrogen and oxygen atoms in total. The van der Waals surface area contributed by atoms with E-state index < -0.39 is 6.09 Å². The van der Waals surface area contributed by atoms with Crippen molar-refractivity contribution in [2.75, 3.05) is 7.11 Å². The number of ether oxygens (including phenoxy) is 1. The van der Waals surface area contributed by atoms with Crippen LogP contribution in [0.4, 0.5) is 4.79 Å². The number of hydrogen-bond acceptors (Lipinski definition) is 4. The monoisotopic (exact) mass is 124 g/mol. The molecule has 0 fully saturated rings. The van der Waals surface area contributed by atoms with Crippen molar-refractivity contribution in [1.29, 1.82) is 0 Å². The van der Waals surface area contributed by atoms with E-state index in [1.807, 2.05) is 0 Å². The predicted molar refractivity (Wildman–Crippen MR) is 24.4 cm³/mol. The first kappa shape index (κ1) is 6.74. The summed E-state index contributed by atoms with van der Waals surface area (Å²) in [5.74, 6) is 0. The highest BCUT2D eigenvalue weighted by Crippen LogP contribution is 1.60. The van der Waals surface area contributed by atoms with Gasteiger partial charge >= 0.3 is 6.09 Å². The molecule has 1 amide bonds. The molecule has 0 heterocycles. The Morgan fingerprint density at radius 1 is 1.86 bits per heavy atom. The lowest BCUT2D eigenvalue weighted by Gasteiger charge is -1.87. The molecule has 0 aliphatic carbocycles. The molecular formula is C2H6NO3S+. The first-order valence-electron chi connectivity index (χ1n) is 1.52. The summed E-state index contributed by atoms with van der Waals surface area (Å²) in [6.07, 6.45) is -0.546. The minimum atomic E-state index is -0.546. The van der Waals surface area contributed by atoms with E-state index in [4.69, 9.17) is 0 Å². The number of primary amides is 1. The number of carbonyl (C=O) groups excluding carboxylic acids is 1. The fraction of sp³-hybridized carbons (Fsp3) is 0.500. The molecule has 0 saturated carbocycles. The van der Waals surface area contributed by atoms with Crippen molar-refractivity contribution in [1.82, 2.24) is 0 Å². The molecule has 0 aliphatic rings. The highest BCUT2D eigenvalue weighted by atomic mass is 32.1. The molecule has 0 rings (SSSR count). The Kier molecular flexibility index (Phi) is 3.77. The summed E-state index contributed by atoms with van der Waals surface area (Å²) in [6.45, 7) is 0. The molecule has 0 radical (unpaired) electrons. The molecule has 0 atom stereocenters. The molecule has 7 heavy (non-hydrogen) atoms. The standard InChI is InChI=1S/C2H5NO3S/c1-5-2(4)3-6-7/h7H,1H3,(H,3,4)/p+1. The molecule has 42 valence electrons. The van der Waals surface area contributed by atoms with Gasteiger partial charge in [-0.1, -0.05) is 5.48 Å². The lowest BCUT2D eigenvalue weighted by atomic mass is 11.2. The second-order valence-corrected chi connectivity index (χ2v) is 0.957. The molecule has 0 aromatic rings. The largest absolute Gasteiger partial charge is 0.546 e. The maximum Gasteiger partial charge on any atom is 0.546 e. The molecule has 0 bridgehead atoms. The van der Waals surface area contributed by atoms with E-state index in [1.165, 1.54) is 7.11 Å². The van der Waals surface area contributed by atoms with Crippen molar-refractivity contribution in [3.8, 4) is 0 Å². The van der Waals surface area contributed by atoms with E-state index in [2.05, 4.69) is 21.9 Å². The van der Waals surface area contributed by atoms with Crippen molar-refractivity contribution in [2.45, 2.75) is 0 Å². The Bertz CT molecular complexity index is 66.0. The molecule has 0 unspecified atom stereocenters. The summed E-state index contributed by atoms with van der Waals surface area (Å²) in [4.78, 5) is 9.96. The van der Waals surface area contributed by atoms with Gasteiger partial charge in [-0.25, -0.2) is 0 Å². The third kappa shape index (κ3) is 3.57. The first-order valence-corrected chi connectivity index (χ1v) is 1.89. The molecule has 0 aliphatic heterocycles. The fourth-order valence-electron chi connectivity index (χ4n) is 0.0911. The summed E-state index contributed by atoms with van der Waals surface area (Å²) in [5, 5.41) is 0. The highest BCUT2D eigenvalue weighted by Gasteiger charge is 1.99. The molecule has 0 spiro atoms. The normalized spacial score (nSPS) is 8.29. The number of carbonyl (C=O) groups is 1. The Morgan fingerprint density at radius 2 is 2.43 bits per heavy atom. The Morgan fingerprint density at radius 3 is 2.57 bits per heavy atom. The Balaban J connectivity index is 3.00. The molecule has 2 N–H and O–H groups in total. The molecule has 0 aromatic carbocycles. The summed E-state index contributed by atoms with van der Waals surface area (Å²) < 4.78 is 8.11. The third-order valence-corrected chi connectivity index (χ3v) is 0.456. The molecule has 0 saturated heterocycles. The predicted octanol–water partition coefficient (Wildman–Crippen LogP) is -0.907. The van der Waals surface area contributed by atoms with Gasteiger partial charge in [0.2, 0.25) is 0 Å². The maximum atomic E-state index is 9.96. The Hall–Kier alpha value is -0.260. The second-order valence-electron chi connectivity index (χ2n) is 0.746. The van der Waals surface area contributed by atoms with Gasteiger partial charge in [0, 0.05) is 12.9 Å². The van der Waals surface area contributed by atoms with Gasteiger partial charge in [0.1, 0.15) is 0 Å². The van der Waals surface area contributed by atoms with Crippen LogP contribution in [0.5, 0.6) is 0 Å². The number of hydroxylamine groups is 1.